The largest absolute Gasteiger partial charge is 0.350 e. The summed E-state index contributed by atoms with van der Waals surface area (Å²) < 4.78 is 25.7. The number of nitrogens with two attached hydrogens (primary N) is 1. The molecule has 0 saturated heterocycles. The molecule has 0 atom stereocenters. The number of amides is 1. The minimum Gasteiger partial charge on any atom is -0.350 e. The van der Waals surface area contributed by atoms with Crippen molar-refractivity contribution in [2.45, 2.75) is 32.6 Å². The van der Waals surface area contributed by atoms with Crippen LogP contribution in [0.3, 0.4) is 0 Å². The lowest BCUT2D eigenvalue weighted by Gasteiger charge is -2.09. The highest BCUT2D eigenvalue weighted by Crippen LogP contribution is 2.35. The molecule has 0 radical (unpaired) electrons. The van der Waals surface area contributed by atoms with Crippen molar-refractivity contribution in [2.75, 3.05) is 5.43 Å². The molecule has 0 spiro atoms. The molecule has 7 nitrogen and oxygen atoms in total. The number of carbonyl (C=O) groups is 1. The van der Waals surface area contributed by atoms with Crippen molar-refractivity contribution in [3.63, 3.8) is 0 Å². The molecular weight excluding hydrogens is 424 g/mol. The predicted molar refractivity (Wildman–Crippen MR) is 124 cm³/mol. The SMILES string of the molecule is Cc1cc(C)[n+](NC(=O)c2[nH]c3ccc(S(N)(=O)=O)cc3c2-c2ccccc2C)c(C)c1. The van der Waals surface area contributed by atoms with Gasteiger partial charge in [-0.05, 0) is 48.7 Å². The smallest absolute Gasteiger partial charge is 0.322 e. The van der Waals surface area contributed by atoms with Crippen LogP contribution in [0.15, 0.2) is 59.5 Å². The number of primary sulfonamides is 1. The summed E-state index contributed by atoms with van der Waals surface area (Å²) in [5, 5.41) is 5.97. The van der Waals surface area contributed by atoms with Gasteiger partial charge in [-0.25, -0.2) is 13.6 Å². The molecule has 2 aromatic heterocycles. The second kappa shape index (κ2) is 7.89. The van der Waals surface area contributed by atoms with Crippen molar-refractivity contribution in [1.29, 1.82) is 0 Å². The van der Waals surface area contributed by atoms with Crippen LogP contribution >= 0.6 is 0 Å². The molecule has 164 valence electrons. The molecule has 0 unspecified atom stereocenters. The zero-order valence-electron chi connectivity index (χ0n) is 18.4. The molecule has 4 rings (SSSR count). The fourth-order valence-corrected chi connectivity index (χ4v) is 4.63. The van der Waals surface area contributed by atoms with Gasteiger partial charge >= 0.3 is 5.91 Å². The standard InChI is InChI=1S/C24H24N4O3S/c1-14-11-16(3)28(17(4)12-14)27-24(29)23-22(19-8-6-5-7-15(19)2)20-13-18(32(25,30)31)9-10-21(20)26-23/h5-13H,1-4H3,(H3-,25,26,27,29,30,31)/p+1. The molecule has 1 amide bonds. The van der Waals surface area contributed by atoms with Crippen LogP contribution in [-0.2, 0) is 10.0 Å². The first-order valence-electron chi connectivity index (χ1n) is 10.1. The number of sulfonamides is 1. The average Bonchev–Trinajstić information content (AvgIpc) is 3.09. The molecule has 2 aromatic carbocycles. The van der Waals surface area contributed by atoms with Gasteiger partial charge in [-0.2, -0.15) is 0 Å². The Bertz CT molecular complexity index is 1460. The number of nitrogens with zero attached hydrogens (tertiary/aromatic N) is 1. The number of pyridine rings is 1. The lowest BCUT2D eigenvalue weighted by Crippen LogP contribution is -2.53. The fraction of sp³-hybridized carbons (Fsp3) is 0.167. The van der Waals surface area contributed by atoms with Gasteiger partial charge in [0.1, 0.15) is 5.69 Å². The second-order valence-electron chi connectivity index (χ2n) is 8.03. The van der Waals surface area contributed by atoms with Crippen molar-refractivity contribution >= 4 is 26.8 Å². The Labute approximate surface area is 186 Å². The summed E-state index contributed by atoms with van der Waals surface area (Å²) in [4.78, 5) is 16.6. The van der Waals surface area contributed by atoms with Gasteiger partial charge in [0, 0.05) is 42.4 Å². The summed E-state index contributed by atoms with van der Waals surface area (Å²) in [6.07, 6.45) is 0. The number of aromatic amines is 1. The second-order valence-corrected chi connectivity index (χ2v) is 9.60. The number of fused-ring (bicyclic) bond motifs is 1. The maximum Gasteiger partial charge on any atom is 0.322 e. The van der Waals surface area contributed by atoms with Gasteiger partial charge in [-0.3, -0.25) is 4.79 Å². The number of hydrogen-bond acceptors (Lipinski definition) is 3. The number of H-pyrrole nitrogens is 1. The third-order valence-corrected chi connectivity index (χ3v) is 6.44. The van der Waals surface area contributed by atoms with Gasteiger partial charge in [-0.1, -0.05) is 28.9 Å². The van der Waals surface area contributed by atoms with Crippen molar-refractivity contribution in [3.8, 4) is 11.1 Å². The van der Waals surface area contributed by atoms with E-state index in [1.165, 1.54) is 12.1 Å². The minimum atomic E-state index is -3.90. The summed E-state index contributed by atoms with van der Waals surface area (Å²) in [7, 11) is -3.90. The highest BCUT2D eigenvalue weighted by Gasteiger charge is 2.25. The first-order valence-corrected chi connectivity index (χ1v) is 11.7. The number of nitrogens with one attached hydrogen (secondary N) is 2. The van der Waals surface area contributed by atoms with E-state index >= 15 is 0 Å². The van der Waals surface area contributed by atoms with E-state index in [0.717, 1.165) is 28.1 Å². The van der Waals surface area contributed by atoms with Gasteiger partial charge in [0.2, 0.25) is 21.4 Å². The van der Waals surface area contributed by atoms with Crippen LogP contribution < -0.4 is 15.2 Å². The van der Waals surface area contributed by atoms with Gasteiger partial charge in [0.15, 0.2) is 0 Å². The number of aryl methyl sites for hydroxylation is 4. The van der Waals surface area contributed by atoms with Crippen LogP contribution in [0.1, 0.15) is 33.0 Å². The van der Waals surface area contributed by atoms with Crippen LogP contribution in [0.2, 0.25) is 0 Å². The van der Waals surface area contributed by atoms with E-state index in [-0.39, 0.29) is 10.8 Å². The van der Waals surface area contributed by atoms with E-state index in [1.54, 1.807) is 10.7 Å². The molecule has 0 saturated carbocycles. The monoisotopic (exact) mass is 449 g/mol. The van der Waals surface area contributed by atoms with E-state index in [9.17, 15) is 13.2 Å². The van der Waals surface area contributed by atoms with E-state index in [4.69, 9.17) is 5.14 Å². The quantitative estimate of drug-likeness (QED) is 0.416. The summed E-state index contributed by atoms with van der Waals surface area (Å²) in [5.74, 6) is -0.336. The Balaban J connectivity index is 1.94. The molecular formula is C24H25N4O3S+. The molecule has 0 aliphatic heterocycles. The topological polar surface area (TPSA) is 109 Å². The normalized spacial score (nSPS) is 11.7. The van der Waals surface area contributed by atoms with Gasteiger partial charge in [0.25, 0.3) is 0 Å². The van der Waals surface area contributed by atoms with Crippen LogP contribution in [0.5, 0.6) is 0 Å². The third-order valence-electron chi connectivity index (χ3n) is 5.53. The highest BCUT2D eigenvalue weighted by atomic mass is 32.2. The molecule has 32 heavy (non-hydrogen) atoms. The van der Waals surface area contributed by atoms with Gasteiger partial charge in [-0.15, -0.1) is 5.43 Å². The Morgan fingerprint density at radius 3 is 2.25 bits per heavy atom. The summed E-state index contributed by atoms with van der Waals surface area (Å²) >= 11 is 0. The van der Waals surface area contributed by atoms with Crippen molar-refractivity contribution in [2.24, 2.45) is 5.14 Å². The molecule has 0 bridgehead atoms. The minimum absolute atomic E-state index is 0.00890. The number of carbonyl (C=O) groups excluding carboxylic acids is 1. The lowest BCUT2D eigenvalue weighted by atomic mass is 9.97. The van der Waals surface area contributed by atoms with Crippen LogP contribution in [0.25, 0.3) is 22.0 Å². The zero-order valence-corrected chi connectivity index (χ0v) is 19.2. The number of hydrogen-bond donors (Lipinski definition) is 3. The number of benzene rings is 2. The summed E-state index contributed by atoms with van der Waals surface area (Å²) in [5.41, 5.74) is 9.24. The first-order chi connectivity index (χ1) is 15.1. The predicted octanol–water partition coefficient (Wildman–Crippen LogP) is 3.39. The Kier molecular flexibility index (Phi) is 5.36. The van der Waals surface area contributed by atoms with E-state index < -0.39 is 10.0 Å². The lowest BCUT2D eigenvalue weighted by molar-refractivity contribution is -0.654. The maximum atomic E-state index is 13.5. The molecule has 2 heterocycles. The Hall–Kier alpha value is -3.49. The van der Waals surface area contributed by atoms with Gasteiger partial charge < -0.3 is 4.98 Å². The van der Waals surface area contributed by atoms with E-state index in [0.29, 0.717) is 22.2 Å². The average molecular weight is 450 g/mol. The van der Waals surface area contributed by atoms with E-state index in [1.807, 2.05) is 64.1 Å². The molecule has 0 aliphatic rings. The maximum absolute atomic E-state index is 13.5. The fourth-order valence-electron chi connectivity index (χ4n) is 4.09. The van der Waals surface area contributed by atoms with Crippen LogP contribution in [0.4, 0.5) is 0 Å². The van der Waals surface area contributed by atoms with Crippen molar-refractivity contribution in [1.82, 2.24) is 4.98 Å². The first kappa shape index (κ1) is 21.7. The van der Waals surface area contributed by atoms with Gasteiger partial charge in [0.05, 0.1) is 4.90 Å². The molecule has 8 heteroatoms. The third kappa shape index (κ3) is 3.90. The zero-order chi connectivity index (χ0) is 23.2. The van der Waals surface area contributed by atoms with Crippen LogP contribution in [0, 0.1) is 27.7 Å². The Morgan fingerprint density at radius 1 is 0.969 bits per heavy atom. The van der Waals surface area contributed by atoms with E-state index in [2.05, 4.69) is 10.4 Å². The van der Waals surface area contributed by atoms with Crippen molar-refractivity contribution in [3.05, 3.63) is 82.8 Å². The molecule has 0 fully saturated rings. The molecule has 0 aliphatic carbocycles. The molecule has 4 N–H and O–H groups in total. The highest BCUT2D eigenvalue weighted by molar-refractivity contribution is 7.89. The Morgan fingerprint density at radius 2 is 1.62 bits per heavy atom. The summed E-state index contributed by atoms with van der Waals surface area (Å²) in [6.45, 7) is 7.80. The van der Waals surface area contributed by atoms with Crippen LogP contribution in [-0.4, -0.2) is 19.3 Å². The van der Waals surface area contributed by atoms with Crippen molar-refractivity contribution < 1.29 is 17.9 Å². The summed E-state index contributed by atoms with van der Waals surface area (Å²) in [6, 6.07) is 16.2. The number of aromatic nitrogens is 2. The molecule has 4 aromatic rings. The number of rotatable bonds is 4.